The lowest BCUT2D eigenvalue weighted by Gasteiger charge is -2.30. The number of ether oxygens (including phenoxy) is 1. The number of aromatic nitrogens is 3. The lowest BCUT2D eigenvalue weighted by molar-refractivity contribution is 0.100. The number of fused-ring (bicyclic) bond motifs is 1. The summed E-state index contributed by atoms with van der Waals surface area (Å²) >= 11 is 0. The third-order valence-corrected chi connectivity index (χ3v) is 5.62. The number of nitrogens with one attached hydrogen (secondary N) is 2. The smallest absolute Gasteiger partial charge is 0.252 e. The van der Waals surface area contributed by atoms with Crippen LogP contribution in [0.1, 0.15) is 49.4 Å². The summed E-state index contributed by atoms with van der Waals surface area (Å²) in [5, 5.41) is 6.17. The average molecular weight is 454 g/mol. The second-order valence-corrected chi connectivity index (χ2v) is 8.16. The second kappa shape index (κ2) is 9.95. The van der Waals surface area contributed by atoms with Gasteiger partial charge in [-0.15, -0.1) is 0 Å². The molecular formula is C23H28FN7O2. The molecule has 3 aromatic rings. The molecule has 6 N–H and O–H groups in total. The Morgan fingerprint density at radius 1 is 1.18 bits per heavy atom. The summed E-state index contributed by atoms with van der Waals surface area (Å²) in [5.41, 5.74) is 13.5. The van der Waals surface area contributed by atoms with E-state index < -0.39 is 11.7 Å². The van der Waals surface area contributed by atoms with Gasteiger partial charge in [-0.25, -0.2) is 19.3 Å². The number of primary amides is 1. The first-order valence-electron chi connectivity index (χ1n) is 11.1. The molecule has 2 aromatic heterocycles. The molecule has 9 nitrogen and oxygen atoms in total. The third kappa shape index (κ3) is 5.28. The Kier molecular flexibility index (Phi) is 6.83. The van der Waals surface area contributed by atoms with Gasteiger partial charge in [0.15, 0.2) is 11.6 Å². The van der Waals surface area contributed by atoms with E-state index in [9.17, 15) is 9.18 Å². The first-order valence-corrected chi connectivity index (χ1v) is 11.1. The number of nitrogens with two attached hydrogens (primary N) is 2. The number of benzene rings is 1. The molecule has 33 heavy (non-hydrogen) atoms. The predicted molar refractivity (Wildman–Crippen MR) is 125 cm³/mol. The van der Waals surface area contributed by atoms with E-state index in [1.807, 2.05) is 6.92 Å². The summed E-state index contributed by atoms with van der Waals surface area (Å²) in [4.78, 5) is 25.1. The molecule has 0 spiro atoms. The summed E-state index contributed by atoms with van der Waals surface area (Å²) in [6, 6.07) is 6.21. The molecule has 174 valence electrons. The van der Waals surface area contributed by atoms with Gasteiger partial charge < -0.3 is 26.8 Å². The highest BCUT2D eigenvalue weighted by molar-refractivity contribution is 5.98. The van der Waals surface area contributed by atoms with Crippen molar-refractivity contribution in [2.75, 3.05) is 17.2 Å². The van der Waals surface area contributed by atoms with Crippen LogP contribution in [0.3, 0.4) is 0 Å². The second-order valence-electron chi connectivity index (χ2n) is 8.16. The Labute approximate surface area is 191 Å². The van der Waals surface area contributed by atoms with Gasteiger partial charge in [0, 0.05) is 17.8 Å². The van der Waals surface area contributed by atoms with E-state index >= 15 is 0 Å². The molecule has 0 radical (unpaired) electrons. The van der Waals surface area contributed by atoms with Crippen LogP contribution in [-0.2, 0) is 0 Å². The third-order valence-electron chi connectivity index (χ3n) is 5.62. The van der Waals surface area contributed by atoms with Crippen molar-refractivity contribution in [1.29, 1.82) is 0 Å². The molecular weight excluding hydrogens is 425 g/mol. The highest BCUT2D eigenvalue weighted by Gasteiger charge is 2.24. The van der Waals surface area contributed by atoms with Gasteiger partial charge in [-0.2, -0.15) is 0 Å². The summed E-state index contributed by atoms with van der Waals surface area (Å²) < 4.78 is 20.2. The number of halogens is 1. The van der Waals surface area contributed by atoms with Gasteiger partial charge in [-0.3, -0.25) is 4.79 Å². The monoisotopic (exact) mass is 453 g/mol. The van der Waals surface area contributed by atoms with Crippen LogP contribution in [0.4, 0.5) is 21.7 Å². The van der Waals surface area contributed by atoms with Crippen molar-refractivity contribution in [1.82, 2.24) is 15.0 Å². The Morgan fingerprint density at radius 2 is 2.00 bits per heavy atom. The minimum absolute atomic E-state index is 0.0307. The quantitative estimate of drug-likeness (QED) is 0.406. The van der Waals surface area contributed by atoms with Crippen LogP contribution in [0.5, 0.6) is 5.88 Å². The molecule has 0 unspecified atom stereocenters. The Morgan fingerprint density at radius 3 is 2.76 bits per heavy atom. The van der Waals surface area contributed by atoms with E-state index in [2.05, 4.69) is 25.6 Å². The highest BCUT2D eigenvalue weighted by atomic mass is 19.1. The molecule has 1 saturated carbocycles. The number of pyridine rings is 1. The summed E-state index contributed by atoms with van der Waals surface area (Å²) in [5.74, 6) is -0.814. The normalized spacial score (nSPS) is 18.2. The fraction of sp³-hybridized carbons (Fsp3) is 0.391. The molecule has 0 aliphatic heterocycles. The molecule has 0 saturated heterocycles. The average Bonchev–Trinajstić information content (AvgIpc) is 2.80. The van der Waals surface area contributed by atoms with Crippen molar-refractivity contribution in [3.05, 3.63) is 41.8 Å². The zero-order valence-corrected chi connectivity index (χ0v) is 18.5. The van der Waals surface area contributed by atoms with Gasteiger partial charge in [0.1, 0.15) is 5.82 Å². The topological polar surface area (TPSA) is 141 Å². The van der Waals surface area contributed by atoms with Gasteiger partial charge in [0.25, 0.3) is 5.91 Å². The first-order chi connectivity index (χ1) is 15.9. The summed E-state index contributed by atoms with van der Waals surface area (Å²) in [7, 11) is 0. The lowest BCUT2D eigenvalue weighted by Crippen LogP contribution is -2.43. The van der Waals surface area contributed by atoms with Crippen LogP contribution in [0.15, 0.2) is 30.5 Å². The largest absolute Gasteiger partial charge is 0.477 e. The Bertz CT molecular complexity index is 1160. The number of anilines is 3. The number of carbonyl (C=O) groups is 1. The number of hydrogen-bond acceptors (Lipinski definition) is 8. The van der Waals surface area contributed by atoms with Crippen LogP contribution in [-0.4, -0.2) is 39.5 Å². The maximum absolute atomic E-state index is 14.7. The lowest BCUT2D eigenvalue weighted by atomic mass is 9.91. The molecule has 1 amide bonds. The van der Waals surface area contributed by atoms with Crippen LogP contribution in [0.2, 0.25) is 0 Å². The molecule has 4 rings (SSSR count). The van der Waals surface area contributed by atoms with Crippen LogP contribution >= 0.6 is 0 Å². The van der Waals surface area contributed by atoms with E-state index in [0.717, 1.165) is 38.2 Å². The summed E-state index contributed by atoms with van der Waals surface area (Å²) in [6.07, 6.45) is 6.20. The fourth-order valence-corrected chi connectivity index (χ4v) is 3.87. The fourth-order valence-electron chi connectivity index (χ4n) is 3.87. The number of rotatable bonds is 8. The van der Waals surface area contributed by atoms with Crippen LogP contribution in [0, 0.1) is 5.82 Å². The molecule has 1 aliphatic carbocycles. The highest BCUT2D eigenvalue weighted by Crippen LogP contribution is 2.28. The van der Waals surface area contributed by atoms with E-state index in [1.54, 1.807) is 24.4 Å². The molecule has 10 heteroatoms. The number of amides is 1. The maximum atomic E-state index is 14.7. The van der Waals surface area contributed by atoms with Crippen LogP contribution < -0.4 is 26.8 Å². The predicted octanol–water partition coefficient (Wildman–Crippen LogP) is 3.48. The SMILES string of the molecule is CCCOc1cnc2cc(Nc3nc(N[C@@H]4CCCC[C@@H]4N)c(F)cc3C(N)=O)ccc2n1. The van der Waals surface area contributed by atoms with Gasteiger partial charge in [0.2, 0.25) is 5.88 Å². The van der Waals surface area contributed by atoms with Gasteiger partial charge in [-0.05, 0) is 43.5 Å². The van der Waals surface area contributed by atoms with Crippen molar-refractivity contribution in [2.45, 2.75) is 51.1 Å². The minimum Gasteiger partial charge on any atom is -0.477 e. The van der Waals surface area contributed by atoms with Crippen molar-refractivity contribution in [3.63, 3.8) is 0 Å². The summed E-state index contributed by atoms with van der Waals surface area (Å²) in [6.45, 7) is 2.58. The number of hydrogen-bond donors (Lipinski definition) is 4. The molecule has 1 aliphatic rings. The maximum Gasteiger partial charge on any atom is 0.252 e. The van der Waals surface area contributed by atoms with Crippen LogP contribution in [0.25, 0.3) is 11.0 Å². The van der Waals surface area contributed by atoms with Crippen molar-refractivity contribution in [3.8, 4) is 5.88 Å². The zero-order valence-electron chi connectivity index (χ0n) is 18.5. The Hall–Kier alpha value is -3.53. The number of carbonyl (C=O) groups excluding carboxylic acids is 1. The molecule has 2 atom stereocenters. The van der Waals surface area contributed by atoms with E-state index in [4.69, 9.17) is 16.2 Å². The zero-order chi connectivity index (χ0) is 23.4. The Balaban J connectivity index is 1.61. The molecule has 1 aromatic carbocycles. The van der Waals surface area contributed by atoms with Gasteiger partial charge in [0.05, 0.1) is 29.4 Å². The van der Waals surface area contributed by atoms with Crippen molar-refractivity contribution in [2.24, 2.45) is 11.5 Å². The molecule has 0 bridgehead atoms. The standard InChI is InChI=1S/C23H28FN7O2/c1-2-9-33-20-12-27-19-10-13(7-8-18(19)29-20)28-22-14(21(26)32)11-15(24)23(31-22)30-17-6-4-3-5-16(17)25/h7-8,10-12,16-17H,2-6,9,25H2,1H3,(H2,26,32)(H2,28,30,31)/t16-,17+/m0/s1. The van der Waals surface area contributed by atoms with Gasteiger partial charge in [-0.1, -0.05) is 19.8 Å². The molecule has 1 fully saturated rings. The van der Waals surface area contributed by atoms with E-state index in [-0.39, 0.29) is 29.3 Å². The molecule has 2 heterocycles. The minimum atomic E-state index is -0.789. The van der Waals surface area contributed by atoms with E-state index in [0.29, 0.717) is 29.2 Å². The first kappa shape index (κ1) is 22.7. The van der Waals surface area contributed by atoms with Crippen molar-refractivity contribution >= 4 is 34.3 Å². The van der Waals surface area contributed by atoms with E-state index in [1.165, 1.54) is 0 Å². The van der Waals surface area contributed by atoms with Crippen molar-refractivity contribution < 1.29 is 13.9 Å². The van der Waals surface area contributed by atoms with Gasteiger partial charge >= 0.3 is 0 Å². The number of nitrogens with zero attached hydrogens (tertiary/aromatic N) is 3.